The van der Waals surface area contributed by atoms with Gasteiger partial charge in [0.15, 0.2) is 0 Å². The number of nitrogens with two attached hydrogens (primary N) is 1. The van der Waals surface area contributed by atoms with Crippen LogP contribution in [0.3, 0.4) is 0 Å². The van der Waals surface area contributed by atoms with E-state index in [0.29, 0.717) is 18.5 Å². The summed E-state index contributed by atoms with van der Waals surface area (Å²) in [6, 6.07) is 6.96. The van der Waals surface area contributed by atoms with Gasteiger partial charge in [0.2, 0.25) is 17.7 Å². The van der Waals surface area contributed by atoms with Gasteiger partial charge in [-0.2, -0.15) is 0 Å². The number of benzene rings is 1. The Morgan fingerprint density at radius 3 is 2.27 bits per heavy atom. The molecular formula is C19H23N3O4. The monoisotopic (exact) mass is 357 g/mol. The van der Waals surface area contributed by atoms with Crippen LogP contribution in [-0.2, 0) is 20.9 Å². The largest absolute Gasteiger partial charge is 0.369 e. The normalized spacial score (nSPS) is 23.4. The molecule has 4 amide bonds. The van der Waals surface area contributed by atoms with Gasteiger partial charge in [0.1, 0.15) is 0 Å². The molecule has 2 atom stereocenters. The van der Waals surface area contributed by atoms with Crippen LogP contribution in [0.4, 0.5) is 0 Å². The molecule has 2 unspecified atom stereocenters. The smallest absolute Gasteiger partial charge is 0.254 e. The average Bonchev–Trinajstić information content (AvgIpc) is 2.94. The molecule has 7 nitrogen and oxygen atoms in total. The van der Waals surface area contributed by atoms with Gasteiger partial charge in [-0.1, -0.05) is 12.1 Å². The van der Waals surface area contributed by atoms with Crippen LogP contribution in [0, 0.1) is 5.92 Å². The lowest BCUT2D eigenvalue weighted by Crippen LogP contribution is -2.48. The first-order valence-electron chi connectivity index (χ1n) is 8.89. The van der Waals surface area contributed by atoms with Crippen LogP contribution in [0.2, 0.25) is 0 Å². The molecule has 0 spiro atoms. The van der Waals surface area contributed by atoms with E-state index in [-0.39, 0.29) is 55.0 Å². The molecule has 7 heteroatoms. The number of carbonyl (C=O) groups is 4. The molecule has 2 saturated heterocycles. The van der Waals surface area contributed by atoms with Gasteiger partial charge in [-0.25, -0.2) is 0 Å². The topological polar surface area (TPSA) is 101 Å². The van der Waals surface area contributed by atoms with Crippen molar-refractivity contribution in [2.75, 3.05) is 6.54 Å². The highest BCUT2D eigenvalue weighted by molar-refractivity contribution is 6.01. The van der Waals surface area contributed by atoms with Crippen LogP contribution in [0.15, 0.2) is 24.3 Å². The fourth-order valence-electron chi connectivity index (χ4n) is 3.52. The molecule has 2 aliphatic heterocycles. The van der Waals surface area contributed by atoms with Gasteiger partial charge in [0.25, 0.3) is 5.91 Å². The van der Waals surface area contributed by atoms with E-state index in [1.807, 2.05) is 6.92 Å². The van der Waals surface area contributed by atoms with E-state index in [1.54, 1.807) is 29.2 Å². The van der Waals surface area contributed by atoms with Crippen LogP contribution >= 0.6 is 0 Å². The number of likely N-dealkylation sites (tertiary alicyclic amines) is 2. The molecule has 0 saturated carbocycles. The number of primary amides is 1. The number of piperidine rings is 1. The summed E-state index contributed by atoms with van der Waals surface area (Å²) in [5.74, 6) is -1.13. The lowest BCUT2D eigenvalue weighted by molar-refractivity contribution is -0.139. The Labute approximate surface area is 152 Å². The summed E-state index contributed by atoms with van der Waals surface area (Å²) < 4.78 is 0. The van der Waals surface area contributed by atoms with E-state index in [4.69, 9.17) is 5.73 Å². The summed E-state index contributed by atoms with van der Waals surface area (Å²) in [4.78, 5) is 50.6. The Hall–Kier alpha value is -2.70. The minimum absolute atomic E-state index is 0.0534. The van der Waals surface area contributed by atoms with Crippen molar-refractivity contribution in [3.8, 4) is 0 Å². The van der Waals surface area contributed by atoms with Crippen molar-refractivity contribution in [2.24, 2.45) is 11.7 Å². The maximum atomic E-state index is 12.8. The molecule has 0 aromatic heterocycles. The fraction of sp³-hybridized carbons (Fsp3) is 0.474. The van der Waals surface area contributed by atoms with Gasteiger partial charge >= 0.3 is 0 Å². The van der Waals surface area contributed by atoms with E-state index in [1.165, 1.54) is 4.90 Å². The van der Waals surface area contributed by atoms with Gasteiger partial charge in [0, 0.05) is 31.0 Å². The third-order valence-corrected chi connectivity index (χ3v) is 5.24. The van der Waals surface area contributed by atoms with Crippen molar-refractivity contribution in [1.82, 2.24) is 9.80 Å². The lowest BCUT2D eigenvalue weighted by atomic mass is 9.92. The standard InChI is InChI=1S/C19H23N3O4/c1-12-2-5-15(18(20)25)11-21(12)19(26)14-6-3-13(4-7-14)10-22-16(23)8-9-17(22)24/h3-4,6-7,12,15H,2,5,8-11H2,1H3,(H2,20,25). The third kappa shape index (κ3) is 3.61. The molecule has 138 valence electrons. The fourth-order valence-corrected chi connectivity index (χ4v) is 3.52. The molecule has 1 aromatic carbocycles. The third-order valence-electron chi connectivity index (χ3n) is 5.24. The van der Waals surface area contributed by atoms with Crippen molar-refractivity contribution >= 4 is 23.6 Å². The summed E-state index contributed by atoms with van der Waals surface area (Å²) in [6.07, 6.45) is 1.99. The van der Waals surface area contributed by atoms with Gasteiger partial charge in [-0.3, -0.25) is 24.1 Å². The first kappa shape index (κ1) is 18.1. The highest BCUT2D eigenvalue weighted by atomic mass is 16.2. The van der Waals surface area contributed by atoms with Gasteiger partial charge in [-0.05, 0) is 37.5 Å². The number of nitrogens with zero attached hydrogens (tertiary/aromatic N) is 2. The number of hydrogen-bond donors (Lipinski definition) is 1. The maximum Gasteiger partial charge on any atom is 0.254 e. The van der Waals surface area contributed by atoms with E-state index in [0.717, 1.165) is 12.0 Å². The molecule has 2 heterocycles. The second kappa shape index (κ2) is 7.27. The van der Waals surface area contributed by atoms with Crippen LogP contribution in [0.25, 0.3) is 0 Å². The predicted molar refractivity (Wildman–Crippen MR) is 93.6 cm³/mol. The molecule has 0 bridgehead atoms. The molecule has 0 aliphatic carbocycles. The molecular weight excluding hydrogens is 334 g/mol. The Bertz CT molecular complexity index is 728. The lowest BCUT2D eigenvalue weighted by Gasteiger charge is -2.37. The molecule has 0 radical (unpaired) electrons. The minimum atomic E-state index is -0.370. The molecule has 2 aliphatic rings. The highest BCUT2D eigenvalue weighted by Gasteiger charge is 2.32. The van der Waals surface area contributed by atoms with Crippen molar-refractivity contribution < 1.29 is 19.2 Å². The van der Waals surface area contributed by atoms with Gasteiger partial charge in [-0.15, -0.1) is 0 Å². The molecule has 1 aromatic rings. The summed E-state index contributed by atoms with van der Waals surface area (Å²) in [7, 11) is 0. The van der Waals surface area contributed by atoms with E-state index >= 15 is 0 Å². The Kier molecular flexibility index (Phi) is 5.06. The summed E-state index contributed by atoms with van der Waals surface area (Å²) in [6.45, 7) is 2.54. The first-order chi connectivity index (χ1) is 12.4. The van der Waals surface area contributed by atoms with E-state index < -0.39 is 0 Å². The second-order valence-corrected chi connectivity index (χ2v) is 7.05. The van der Waals surface area contributed by atoms with Crippen molar-refractivity contribution in [3.05, 3.63) is 35.4 Å². The zero-order chi connectivity index (χ0) is 18.8. The number of amides is 4. The summed E-state index contributed by atoms with van der Waals surface area (Å²) in [5, 5.41) is 0. The molecule has 26 heavy (non-hydrogen) atoms. The second-order valence-electron chi connectivity index (χ2n) is 7.05. The average molecular weight is 357 g/mol. The van der Waals surface area contributed by atoms with Crippen LogP contribution in [0.1, 0.15) is 48.5 Å². The first-order valence-corrected chi connectivity index (χ1v) is 8.89. The zero-order valence-electron chi connectivity index (χ0n) is 14.8. The number of carbonyl (C=O) groups excluding carboxylic acids is 4. The van der Waals surface area contributed by atoms with E-state index in [9.17, 15) is 19.2 Å². The Morgan fingerprint density at radius 1 is 1.08 bits per heavy atom. The predicted octanol–water partition coefficient (Wildman–Crippen LogP) is 1.06. The minimum Gasteiger partial charge on any atom is -0.369 e. The van der Waals surface area contributed by atoms with Crippen molar-refractivity contribution in [2.45, 2.75) is 45.2 Å². The zero-order valence-corrected chi connectivity index (χ0v) is 14.8. The van der Waals surface area contributed by atoms with Crippen LogP contribution < -0.4 is 5.73 Å². The molecule has 2 N–H and O–H groups in total. The summed E-state index contributed by atoms with van der Waals surface area (Å²) in [5.41, 5.74) is 6.71. The SMILES string of the molecule is CC1CCC(C(N)=O)CN1C(=O)c1ccc(CN2C(=O)CCC2=O)cc1. The van der Waals surface area contributed by atoms with Crippen LogP contribution in [0.5, 0.6) is 0 Å². The Balaban J connectivity index is 1.69. The summed E-state index contributed by atoms with van der Waals surface area (Å²) >= 11 is 0. The van der Waals surface area contributed by atoms with Crippen molar-refractivity contribution in [1.29, 1.82) is 0 Å². The van der Waals surface area contributed by atoms with Crippen molar-refractivity contribution in [3.63, 3.8) is 0 Å². The maximum absolute atomic E-state index is 12.8. The molecule has 3 rings (SSSR count). The van der Waals surface area contributed by atoms with Gasteiger partial charge in [0.05, 0.1) is 12.5 Å². The number of imide groups is 1. The quantitative estimate of drug-likeness (QED) is 0.814. The van der Waals surface area contributed by atoms with E-state index in [2.05, 4.69) is 0 Å². The number of hydrogen-bond acceptors (Lipinski definition) is 4. The number of rotatable bonds is 4. The van der Waals surface area contributed by atoms with Crippen LogP contribution in [-0.4, -0.2) is 46.0 Å². The highest BCUT2D eigenvalue weighted by Crippen LogP contribution is 2.24. The van der Waals surface area contributed by atoms with Gasteiger partial charge < -0.3 is 10.6 Å². The molecule has 2 fully saturated rings. The Morgan fingerprint density at radius 2 is 1.69 bits per heavy atom.